The summed E-state index contributed by atoms with van der Waals surface area (Å²) in [5.74, 6) is 0.469. The van der Waals surface area contributed by atoms with Gasteiger partial charge in [-0.3, -0.25) is 14.5 Å². The normalized spacial score (nSPS) is 17.1. The quantitative estimate of drug-likeness (QED) is 0.356. The molecule has 4 aromatic rings. The van der Waals surface area contributed by atoms with Crippen molar-refractivity contribution in [1.82, 2.24) is 29.9 Å². The lowest BCUT2D eigenvalue weighted by molar-refractivity contribution is -0.115. The number of hydrogen-bond donors (Lipinski definition) is 2. The molecule has 0 aliphatic carbocycles. The van der Waals surface area contributed by atoms with E-state index in [0.717, 1.165) is 28.3 Å². The number of carbonyl (C=O) groups is 1. The Morgan fingerprint density at radius 2 is 1.95 bits per heavy atom. The Labute approximate surface area is 220 Å². The maximum absolute atomic E-state index is 12.0. The van der Waals surface area contributed by atoms with Crippen LogP contribution in [-0.2, 0) is 4.79 Å². The van der Waals surface area contributed by atoms with Crippen molar-refractivity contribution in [1.29, 1.82) is 0 Å². The van der Waals surface area contributed by atoms with E-state index < -0.39 is 0 Å². The molecule has 0 unspecified atom stereocenters. The molecule has 1 fully saturated rings. The Morgan fingerprint density at radius 1 is 1.16 bits per heavy atom. The summed E-state index contributed by atoms with van der Waals surface area (Å²) >= 11 is 5.88. The van der Waals surface area contributed by atoms with Gasteiger partial charge in [-0.2, -0.15) is 0 Å². The van der Waals surface area contributed by atoms with Gasteiger partial charge in [-0.15, -0.1) is 10.2 Å². The van der Waals surface area contributed by atoms with E-state index in [1.54, 1.807) is 26.0 Å². The van der Waals surface area contributed by atoms with Crippen LogP contribution < -0.4 is 20.3 Å². The number of amides is 1. The largest absolute Gasteiger partial charge is 0.494 e. The van der Waals surface area contributed by atoms with Crippen LogP contribution in [0.1, 0.15) is 48.1 Å². The summed E-state index contributed by atoms with van der Waals surface area (Å²) in [5.41, 5.74) is 5.46. The summed E-state index contributed by atoms with van der Waals surface area (Å²) in [4.78, 5) is 18.7. The molecule has 2 atom stereocenters. The van der Waals surface area contributed by atoms with Crippen LogP contribution in [0.4, 0.5) is 11.4 Å². The van der Waals surface area contributed by atoms with E-state index in [9.17, 15) is 4.79 Å². The highest BCUT2D eigenvalue weighted by molar-refractivity contribution is 7.80. The third-order valence-corrected chi connectivity index (χ3v) is 6.86. The van der Waals surface area contributed by atoms with Crippen molar-refractivity contribution in [3.8, 4) is 5.75 Å². The minimum atomic E-state index is -0.209. The summed E-state index contributed by atoms with van der Waals surface area (Å²) < 4.78 is 9.55. The lowest BCUT2D eigenvalue weighted by Gasteiger charge is -2.28. The topological polar surface area (TPSA) is 102 Å². The highest BCUT2D eigenvalue weighted by Crippen LogP contribution is 2.44. The lowest BCUT2D eigenvalue weighted by Crippen LogP contribution is -2.29. The fourth-order valence-corrected chi connectivity index (χ4v) is 5.20. The van der Waals surface area contributed by atoms with Gasteiger partial charge in [0.05, 0.1) is 30.6 Å². The summed E-state index contributed by atoms with van der Waals surface area (Å²) in [6.07, 6.45) is 5.50. The molecule has 2 N–H and O–H groups in total. The molecule has 3 aromatic heterocycles. The number of anilines is 2. The van der Waals surface area contributed by atoms with Crippen LogP contribution in [0, 0.1) is 13.8 Å². The highest BCUT2D eigenvalue weighted by Gasteiger charge is 2.42. The van der Waals surface area contributed by atoms with Gasteiger partial charge in [0.1, 0.15) is 18.4 Å². The number of pyridine rings is 1. The molecule has 190 valence electrons. The number of aromatic nitrogens is 5. The van der Waals surface area contributed by atoms with Crippen molar-refractivity contribution in [2.75, 3.05) is 17.3 Å². The molecule has 1 saturated heterocycles. The Bertz CT molecular complexity index is 1430. The molecule has 1 aliphatic heterocycles. The second-order valence-corrected chi connectivity index (χ2v) is 9.15. The fraction of sp³-hybridized carbons (Fsp3) is 0.269. The monoisotopic (exact) mass is 516 g/mol. The van der Waals surface area contributed by atoms with Gasteiger partial charge in [-0.25, -0.2) is 4.68 Å². The van der Waals surface area contributed by atoms with Crippen LogP contribution in [0.5, 0.6) is 5.75 Å². The molecule has 0 saturated carbocycles. The number of carbonyl (C=O) groups excluding carboxylic acids is 1. The second-order valence-electron chi connectivity index (χ2n) is 8.76. The molecular formula is C26H28N8O2S. The number of nitrogens with one attached hydrogen (secondary N) is 2. The van der Waals surface area contributed by atoms with Gasteiger partial charge in [0, 0.05) is 41.3 Å². The predicted molar refractivity (Wildman–Crippen MR) is 145 cm³/mol. The molecule has 5 rings (SSSR count). The van der Waals surface area contributed by atoms with Crippen molar-refractivity contribution < 1.29 is 9.53 Å². The first-order valence-electron chi connectivity index (χ1n) is 12.0. The SMILES string of the molecule is CCC(=O)Nc1ccc(N2C(=S)N[C@H](c3ccccn3)[C@@H]2c2cc(C)n(-n3cnnc3)c2C)cc1OC. The lowest BCUT2D eigenvalue weighted by atomic mass is 9.96. The van der Waals surface area contributed by atoms with E-state index in [1.165, 1.54) is 0 Å². The Kier molecular flexibility index (Phi) is 6.62. The first kappa shape index (κ1) is 24.4. The van der Waals surface area contributed by atoms with Crippen molar-refractivity contribution in [2.45, 2.75) is 39.3 Å². The minimum Gasteiger partial charge on any atom is -0.494 e. The number of methoxy groups -OCH3 is 1. The Morgan fingerprint density at radius 3 is 2.62 bits per heavy atom. The highest BCUT2D eigenvalue weighted by atomic mass is 32.1. The van der Waals surface area contributed by atoms with Crippen LogP contribution in [0.2, 0.25) is 0 Å². The van der Waals surface area contributed by atoms with E-state index in [4.69, 9.17) is 17.0 Å². The van der Waals surface area contributed by atoms with Crippen molar-refractivity contribution in [3.63, 3.8) is 0 Å². The number of aryl methyl sites for hydroxylation is 1. The molecular weight excluding hydrogens is 488 g/mol. The number of benzene rings is 1. The maximum Gasteiger partial charge on any atom is 0.224 e. The fourth-order valence-electron chi connectivity index (χ4n) is 4.85. The van der Waals surface area contributed by atoms with Crippen LogP contribution in [-0.4, -0.2) is 42.7 Å². The average Bonchev–Trinajstić information content (AvgIpc) is 3.62. The number of hydrogen-bond acceptors (Lipinski definition) is 6. The third kappa shape index (κ3) is 4.42. The smallest absolute Gasteiger partial charge is 0.224 e. The van der Waals surface area contributed by atoms with Crippen LogP contribution >= 0.6 is 12.2 Å². The van der Waals surface area contributed by atoms with Gasteiger partial charge in [0.2, 0.25) is 5.91 Å². The van der Waals surface area contributed by atoms with Crippen molar-refractivity contribution in [2.24, 2.45) is 0 Å². The first-order chi connectivity index (χ1) is 17.9. The number of rotatable bonds is 7. The van der Waals surface area contributed by atoms with E-state index in [-0.39, 0.29) is 18.0 Å². The van der Waals surface area contributed by atoms with Gasteiger partial charge < -0.3 is 20.3 Å². The second kappa shape index (κ2) is 10.0. The van der Waals surface area contributed by atoms with Gasteiger partial charge in [0.25, 0.3) is 0 Å². The summed E-state index contributed by atoms with van der Waals surface area (Å²) in [6.45, 7) is 5.93. The van der Waals surface area contributed by atoms with E-state index in [1.807, 2.05) is 54.9 Å². The molecule has 4 heterocycles. The van der Waals surface area contributed by atoms with E-state index in [2.05, 4.69) is 48.4 Å². The van der Waals surface area contributed by atoms with Crippen LogP contribution in [0.3, 0.4) is 0 Å². The van der Waals surface area contributed by atoms with Gasteiger partial charge in [0.15, 0.2) is 5.11 Å². The maximum atomic E-state index is 12.0. The van der Waals surface area contributed by atoms with Crippen molar-refractivity contribution in [3.05, 3.63) is 84.0 Å². The Balaban J connectivity index is 1.64. The molecule has 1 aromatic carbocycles. The molecule has 1 aliphatic rings. The van der Waals surface area contributed by atoms with Gasteiger partial charge in [-0.05, 0) is 56.4 Å². The number of nitrogens with zero attached hydrogens (tertiary/aromatic N) is 6. The zero-order valence-corrected chi connectivity index (χ0v) is 21.9. The number of ether oxygens (including phenoxy) is 1. The van der Waals surface area contributed by atoms with E-state index >= 15 is 0 Å². The molecule has 1 amide bonds. The molecule has 11 heteroatoms. The Hall–Kier alpha value is -4.25. The summed E-state index contributed by atoms with van der Waals surface area (Å²) in [6, 6.07) is 13.3. The standard InChI is InChI=1S/C26H28N8O2S/c1-5-23(35)30-20-10-9-18(13-22(20)36-4)33-25(24(31-26(33)37)21-8-6-7-11-27-21)19-12-16(2)34(17(19)3)32-14-28-29-15-32/h6-15,24-25H,5H2,1-4H3,(H,30,35)(H,31,37)/t24-,25+/m1/s1. The first-order valence-corrected chi connectivity index (χ1v) is 12.4. The van der Waals surface area contributed by atoms with Gasteiger partial charge in [-0.1, -0.05) is 13.0 Å². The van der Waals surface area contributed by atoms with Crippen LogP contribution in [0.15, 0.2) is 61.3 Å². The molecule has 37 heavy (non-hydrogen) atoms. The minimum absolute atomic E-state index is 0.0843. The molecule has 0 spiro atoms. The molecule has 10 nitrogen and oxygen atoms in total. The third-order valence-electron chi connectivity index (χ3n) is 6.55. The zero-order valence-electron chi connectivity index (χ0n) is 21.0. The number of thiocarbonyl (C=S) groups is 1. The average molecular weight is 517 g/mol. The van der Waals surface area contributed by atoms with Crippen LogP contribution in [0.25, 0.3) is 0 Å². The summed E-state index contributed by atoms with van der Waals surface area (Å²) in [5, 5.41) is 14.9. The molecule has 0 radical (unpaired) electrons. The zero-order chi connectivity index (χ0) is 26.1. The van der Waals surface area contributed by atoms with Crippen molar-refractivity contribution >= 4 is 34.6 Å². The summed E-state index contributed by atoms with van der Waals surface area (Å²) in [7, 11) is 1.59. The van der Waals surface area contributed by atoms with Gasteiger partial charge >= 0.3 is 0 Å². The molecule has 0 bridgehead atoms. The van der Waals surface area contributed by atoms with E-state index in [0.29, 0.717) is 23.0 Å². The predicted octanol–water partition coefficient (Wildman–Crippen LogP) is 3.94.